The predicted molar refractivity (Wildman–Crippen MR) is 51.0 cm³/mol. The molecule has 0 saturated carbocycles. The summed E-state index contributed by atoms with van der Waals surface area (Å²) < 4.78 is 65.5. The van der Waals surface area contributed by atoms with Crippen molar-refractivity contribution in [3.8, 4) is 0 Å². The third-order valence-electron chi connectivity index (χ3n) is 2.16. The lowest BCUT2D eigenvalue weighted by Crippen LogP contribution is -2.00. The summed E-state index contributed by atoms with van der Waals surface area (Å²) in [5.41, 5.74) is 0. The van der Waals surface area contributed by atoms with Crippen LogP contribution >= 0.6 is 12.6 Å². The zero-order valence-corrected chi connectivity index (χ0v) is 8.39. The van der Waals surface area contributed by atoms with Gasteiger partial charge in [0, 0.05) is 10.3 Å². The standard InChI is InChI=1S/C10H3F5S/c11-6-3-1-2-4(16)7(12)5(3)8(13)10(15)9(6)14/h1-2,16H. The minimum atomic E-state index is -2.04. The molecule has 16 heavy (non-hydrogen) atoms. The topological polar surface area (TPSA) is 0 Å². The number of hydrogen-bond acceptors (Lipinski definition) is 1. The van der Waals surface area contributed by atoms with Gasteiger partial charge in [0.05, 0.1) is 5.39 Å². The summed E-state index contributed by atoms with van der Waals surface area (Å²) in [5, 5.41) is -1.60. The highest BCUT2D eigenvalue weighted by Crippen LogP contribution is 2.31. The highest BCUT2D eigenvalue weighted by molar-refractivity contribution is 7.80. The lowest BCUT2D eigenvalue weighted by atomic mass is 10.1. The molecule has 0 saturated heterocycles. The largest absolute Gasteiger partial charge is 0.205 e. The van der Waals surface area contributed by atoms with Crippen LogP contribution in [0.3, 0.4) is 0 Å². The molecular formula is C10H3F5S. The third kappa shape index (κ3) is 1.36. The zero-order chi connectivity index (χ0) is 12.0. The van der Waals surface area contributed by atoms with E-state index in [4.69, 9.17) is 0 Å². The Morgan fingerprint density at radius 2 is 1.25 bits per heavy atom. The Morgan fingerprint density at radius 1 is 0.688 bits per heavy atom. The number of benzene rings is 2. The van der Waals surface area contributed by atoms with Crippen LogP contribution in [0, 0.1) is 29.1 Å². The number of rotatable bonds is 0. The molecule has 6 heteroatoms. The first-order valence-corrected chi connectivity index (χ1v) is 4.53. The van der Waals surface area contributed by atoms with Gasteiger partial charge in [-0.3, -0.25) is 0 Å². The van der Waals surface area contributed by atoms with Crippen LogP contribution in [0.25, 0.3) is 10.8 Å². The average molecular weight is 250 g/mol. The van der Waals surface area contributed by atoms with Crippen molar-refractivity contribution in [1.29, 1.82) is 0 Å². The second-order valence-corrected chi connectivity index (χ2v) is 3.56. The monoisotopic (exact) mass is 250 g/mol. The molecule has 2 rings (SSSR count). The van der Waals surface area contributed by atoms with E-state index < -0.39 is 39.9 Å². The van der Waals surface area contributed by atoms with Crippen molar-refractivity contribution in [3.63, 3.8) is 0 Å². The van der Waals surface area contributed by atoms with Crippen LogP contribution in [0.1, 0.15) is 0 Å². The molecule has 0 radical (unpaired) electrons. The average Bonchev–Trinajstić information content (AvgIpc) is 2.27. The fraction of sp³-hybridized carbons (Fsp3) is 0. The van der Waals surface area contributed by atoms with Gasteiger partial charge in [0.1, 0.15) is 5.82 Å². The molecule has 84 valence electrons. The SMILES string of the molecule is Fc1c(F)c(F)c2c(F)c(S)ccc2c1F. The molecule has 0 unspecified atom stereocenters. The maximum atomic E-state index is 13.4. The summed E-state index contributed by atoms with van der Waals surface area (Å²) in [6.07, 6.45) is 0. The van der Waals surface area contributed by atoms with E-state index in [1.165, 1.54) is 0 Å². The molecule has 0 aromatic heterocycles. The van der Waals surface area contributed by atoms with E-state index in [1.807, 2.05) is 0 Å². The Hall–Kier alpha value is -1.30. The van der Waals surface area contributed by atoms with Crippen LogP contribution in [-0.2, 0) is 0 Å². The van der Waals surface area contributed by atoms with Crippen LogP contribution in [0.4, 0.5) is 22.0 Å². The van der Waals surface area contributed by atoms with E-state index in [9.17, 15) is 22.0 Å². The van der Waals surface area contributed by atoms with Crippen molar-refractivity contribution in [2.75, 3.05) is 0 Å². The molecule has 0 aliphatic rings. The normalized spacial score (nSPS) is 11.1. The molecule has 0 nitrogen and oxygen atoms in total. The van der Waals surface area contributed by atoms with Crippen LogP contribution < -0.4 is 0 Å². The zero-order valence-electron chi connectivity index (χ0n) is 7.49. The second-order valence-electron chi connectivity index (χ2n) is 3.08. The summed E-state index contributed by atoms with van der Waals surface area (Å²) in [6.45, 7) is 0. The van der Waals surface area contributed by atoms with Crippen molar-refractivity contribution in [2.24, 2.45) is 0 Å². The van der Waals surface area contributed by atoms with Gasteiger partial charge < -0.3 is 0 Å². The summed E-state index contributed by atoms with van der Waals surface area (Å²) in [4.78, 5) is -0.281. The van der Waals surface area contributed by atoms with E-state index in [2.05, 4.69) is 12.6 Å². The molecule has 0 amide bonds. The first-order valence-electron chi connectivity index (χ1n) is 4.08. The fourth-order valence-electron chi connectivity index (χ4n) is 1.38. The van der Waals surface area contributed by atoms with Gasteiger partial charge in [-0.2, -0.15) is 0 Å². The Kier molecular flexibility index (Phi) is 2.53. The molecule has 0 aliphatic heterocycles. The summed E-state index contributed by atoms with van der Waals surface area (Å²) in [5.74, 6) is -8.61. The molecule has 0 bridgehead atoms. The number of thiol groups is 1. The van der Waals surface area contributed by atoms with Gasteiger partial charge in [-0.05, 0) is 12.1 Å². The van der Waals surface area contributed by atoms with Crippen LogP contribution in [0.5, 0.6) is 0 Å². The molecule has 2 aromatic carbocycles. The van der Waals surface area contributed by atoms with E-state index in [1.54, 1.807) is 0 Å². The third-order valence-corrected chi connectivity index (χ3v) is 2.50. The van der Waals surface area contributed by atoms with Crippen LogP contribution in [0.15, 0.2) is 17.0 Å². The fourth-order valence-corrected chi connectivity index (χ4v) is 1.57. The van der Waals surface area contributed by atoms with Gasteiger partial charge >= 0.3 is 0 Å². The van der Waals surface area contributed by atoms with Crippen molar-refractivity contribution in [3.05, 3.63) is 41.2 Å². The predicted octanol–water partition coefficient (Wildman–Crippen LogP) is 3.82. The van der Waals surface area contributed by atoms with Gasteiger partial charge in [0.25, 0.3) is 0 Å². The maximum absolute atomic E-state index is 13.4. The summed E-state index contributed by atoms with van der Waals surface area (Å²) >= 11 is 3.63. The highest BCUT2D eigenvalue weighted by Gasteiger charge is 2.23. The molecule has 0 aliphatic carbocycles. The van der Waals surface area contributed by atoms with Gasteiger partial charge in [0.2, 0.25) is 0 Å². The lowest BCUT2D eigenvalue weighted by Gasteiger charge is -2.06. The molecule has 0 spiro atoms. The Bertz CT molecular complexity index is 594. The van der Waals surface area contributed by atoms with Gasteiger partial charge in [0.15, 0.2) is 23.3 Å². The van der Waals surface area contributed by atoms with Crippen molar-refractivity contribution < 1.29 is 22.0 Å². The van der Waals surface area contributed by atoms with Crippen LogP contribution in [-0.4, -0.2) is 0 Å². The Labute approximate surface area is 92.1 Å². The first kappa shape index (κ1) is 11.2. The van der Waals surface area contributed by atoms with E-state index in [0.717, 1.165) is 12.1 Å². The molecule has 0 heterocycles. The highest BCUT2D eigenvalue weighted by atomic mass is 32.1. The van der Waals surface area contributed by atoms with Gasteiger partial charge in [-0.1, -0.05) is 0 Å². The molecule has 0 atom stereocenters. The molecule has 0 fully saturated rings. The minimum Gasteiger partial charge on any atom is -0.205 e. The van der Waals surface area contributed by atoms with E-state index >= 15 is 0 Å². The second kappa shape index (κ2) is 3.62. The van der Waals surface area contributed by atoms with Gasteiger partial charge in [-0.15, -0.1) is 12.6 Å². The number of hydrogen-bond donors (Lipinski definition) is 1. The summed E-state index contributed by atoms with van der Waals surface area (Å²) in [7, 11) is 0. The smallest absolute Gasteiger partial charge is 0.198 e. The number of fused-ring (bicyclic) bond motifs is 1. The summed E-state index contributed by atoms with van der Waals surface area (Å²) in [6, 6.07) is 1.96. The molecule has 0 N–H and O–H groups in total. The maximum Gasteiger partial charge on any atom is 0.198 e. The van der Waals surface area contributed by atoms with Crippen molar-refractivity contribution >= 4 is 23.4 Å². The quantitative estimate of drug-likeness (QED) is 0.312. The van der Waals surface area contributed by atoms with Crippen molar-refractivity contribution in [2.45, 2.75) is 4.90 Å². The Morgan fingerprint density at radius 3 is 1.88 bits per heavy atom. The van der Waals surface area contributed by atoms with E-state index in [0.29, 0.717) is 0 Å². The number of halogens is 5. The Balaban J connectivity index is 3.09. The van der Waals surface area contributed by atoms with Crippen LogP contribution in [0.2, 0.25) is 0 Å². The van der Waals surface area contributed by atoms with Gasteiger partial charge in [-0.25, -0.2) is 22.0 Å². The molecule has 2 aromatic rings. The first-order chi connectivity index (χ1) is 7.45. The van der Waals surface area contributed by atoms with Crippen molar-refractivity contribution in [1.82, 2.24) is 0 Å². The minimum absolute atomic E-state index is 0.281. The lowest BCUT2D eigenvalue weighted by molar-refractivity contribution is 0.416. The van der Waals surface area contributed by atoms with E-state index in [-0.39, 0.29) is 4.90 Å². The molecular weight excluding hydrogens is 247 g/mol.